The molecule has 0 saturated heterocycles. The van der Waals surface area contributed by atoms with Gasteiger partial charge in [-0.05, 0) is 37.1 Å². The molecule has 0 aliphatic heterocycles. The number of hydrogen-bond acceptors (Lipinski definition) is 3. The number of carbonyl (C=O) groups excluding carboxylic acids is 1. The normalized spacial score (nSPS) is 10.2. The average Bonchev–Trinajstić information content (AvgIpc) is 2.48. The van der Waals surface area contributed by atoms with Gasteiger partial charge in [-0.3, -0.25) is 4.79 Å². The van der Waals surface area contributed by atoms with Gasteiger partial charge in [0.25, 0.3) is 0 Å². The highest BCUT2D eigenvalue weighted by Crippen LogP contribution is 2.26. The molecule has 0 heterocycles. The van der Waals surface area contributed by atoms with Crippen molar-refractivity contribution in [2.45, 2.75) is 20.5 Å². The maximum absolute atomic E-state index is 11.0. The molecule has 0 saturated carbocycles. The lowest BCUT2D eigenvalue weighted by atomic mass is 10.1. The molecule has 0 unspecified atom stereocenters. The van der Waals surface area contributed by atoms with Crippen LogP contribution in [0.25, 0.3) is 0 Å². The zero-order valence-corrected chi connectivity index (χ0v) is 12.0. The summed E-state index contributed by atoms with van der Waals surface area (Å²) in [6, 6.07) is 11.5. The zero-order valence-electron chi connectivity index (χ0n) is 12.0. The first-order chi connectivity index (χ1) is 9.65. The van der Waals surface area contributed by atoms with Crippen LogP contribution in [0.4, 0.5) is 0 Å². The Kier molecular flexibility index (Phi) is 4.41. The molecule has 20 heavy (non-hydrogen) atoms. The summed E-state index contributed by atoms with van der Waals surface area (Å²) in [5.74, 6) is 1.61. The summed E-state index contributed by atoms with van der Waals surface area (Å²) in [5, 5.41) is 0. The third-order valence-electron chi connectivity index (χ3n) is 3.31. The third kappa shape index (κ3) is 2.99. The molecule has 0 spiro atoms. The minimum atomic E-state index is 0.466. The Morgan fingerprint density at radius 2 is 1.75 bits per heavy atom. The number of methoxy groups -OCH3 is 1. The van der Waals surface area contributed by atoms with E-state index in [4.69, 9.17) is 9.47 Å². The molecule has 3 nitrogen and oxygen atoms in total. The van der Waals surface area contributed by atoms with Gasteiger partial charge in [0.2, 0.25) is 0 Å². The number of benzene rings is 2. The van der Waals surface area contributed by atoms with E-state index < -0.39 is 0 Å². The van der Waals surface area contributed by atoms with Gasteiger partial charge >= 0.3 is 0 Å². The number of aldehydes is 1. The number of carbonyl (C=O) groups is 1. The molecule has 0 bridgehead atoms. The molecule has 0 N–H and O–H groups in total. The summed E-state index contributed by atoms with van der Waals surface area (Å²) in [4.78, 5) is 11.0. The number of hydrogen-bond donors (Lipinski definition) is 0. The van der Waals surface area contributed by atoms with Crippen LogP contribution >= 0.6 is 0 Å². The molecule has 3 heteroatoms. The summed E-state index contributed by atoms with van der Waals surface area (Å²) in [7, 11) is 1.64. The van der Waals surface area contributed by atoms with E-state index >= 15 is 0 Å². The maximum atomic E-state index is 11.0. The first kappa shape index (κ1) is 14.1. The van der Waals surface area contributed by atoms with E-state index in [1.165, 1.54) is 0 Å². The quantitative estimate of drug-likeness (QED) is 0.777. The van der Waals surface area contributed by atoms with Gasteiger partial charge in [0.1, 0.15) is 24.4 Å². The lowest BCUT2D eigenvalue weighted by molar-refractivity contribution is 0.112. The van der Waals surface area contributed by atoms with Crippen molar-refractivity contribution in [1.29, 1.82) is 0 Å². The van der Waals surface area contributed by atoms with Gasteiger partial charge in [-0.1, -0.05) is 24.3 Å². The van der Waals surface area contributed by atoms with Crippen LogP contribution in [0.5, 0.6) is 11.5 Å². The molecule has 2 aromatic rings. The van der Waals surface area contributed by atoms with Crippen LogP contribution in [0, 0.1) is 13.8 Å². The Morgan fingerprint density at radius 1 is 1.05 bits per heavy atom. The van der Waals surface area contributed by atoms with E-state index in [0.717, 1.165) is 34.5 Å². The molecule has 0 amide bonds. The second-order valence-electron chi connectivity index (χ2n) is 4.68. The van der Waals surface area contributed by atoms with Gasteiger partial charge in [-0.15, -0.1) is 0 Å². The Labute approximate surface area is 119 Å². The van der Waals surface area contributed by atoms with Crippen molar-refractivity contribution in [3.05, 3.63) is 58.7 Å². The average molecular weight is 270 g/mol. The van der Waals surface area contributed by atoms with Gasteiger partial charge in [0.15, 0.2) is 0 Å². The summed E-state index contributed by atoms with van der Waals surface area (Å²) >= 11 is 0. The molecule has 0 radical (unpaired) electrons. The molecule has 0 aliphatic carbocycles. The lowest BCUT2D eigenvalue weighted by Crippen LogP contribution is -2.01. The number of ether oxygens (including phenoxy) is 2. The van der Waals surface area contributed by atoms with Crippen molar-refractivity contribution in [2.75, 3.05) is 7.11 Å². The van der Waals surface area contributed by atoms with E-state index in [1.54, 1.807) is 7.11 Å². The zero-order chi connectivity index (χ0) is 14.5. The van der Waals surface area contributed by atoms with Crippen LogP contribution in [0.2, 0.25) is 0 Å². The first-order valence-electron chi connectivity index (χ1n) is 6.47. The molecule has 0 aromatic heterocycles. The van der Waals surface area contributed by atoms with Crippen LogP contribution in [0.1, 0.15) is 27.0 Å². The molecule has 2 aromatic carbocycles. The molecule has 0 atom stereocenters. The standard InChI is InChI=1S/C17H18O3/c1-12-4-7-15(10-18)13(2)17(12)20-11-14-5-8-16(19-3)9-6-14/h4-10H,11H2,1-3H3. The molecule has 2 rings (SSSR count). The van der Waals surface area contributed by atoms with Gasteiger partial charge in [-0.25, -0.2) is 0 Å². The maximum Gasteiger partial charge on any atom is 0.150 e. The minimum Gasteiger partial charge on any atom is -0.497 e. The van der Waals surface area contributed by atoms with Crippen LogP contribution in [0.15, 0.2) is 36.4 Å². The van der Waals surface area contributed by atoms with Crippen molar-refractivity contribution >= 4 is 6.29 Å². The van der Waals surface area contributed by atoms with Crippen LogP contribution in [-0.2, 0) is 6.61 Å². The van der Waals surface area contributed by atoms with Crippen molar-refractivity contribution in [3.8, 4) is 11.5 Å². The summed E-state index contributed by atoms with van der Waals surface area (Å²) < 4.78 is 11.0. The van der Waals surface area contributed by atoms with E-state index in [2.05, 4.69) is 0 Å². The highest BCUT2D eigenvalue weighted by atomic mass is 16.5. The molecular weight excluding hydrogens is 252 g/mol. The second kappa shape index (κ2) is 6.24. The van der Waals surface area contributed by atoms with Gasteiger partial charge in [0.05, 0.1) is 7.11 Å². The van der Waals surface area contributed by atoms with E-state index in [0.29, 0.717) is 12.2 Å². The number of aryl methyl sites for hydroxylation is 1. The van der Waals surface area contributed by atoms with Crippen molar-refractivity contribution < 1.29 is 14.3 Å². The van der Waals surface area contributed by atoms with Crippen LogP contribution < -0.4 is 9.47 Å². The highest BCUT2D eigenvalue weighted by molar-refractivity contribution is 5.79. The molecular formula is C17H18O3. The van der Waals surface area contributed by atoms with Crippen LogP contribution in [0.3, 0.4) is 0 Å². The predicted molar refractivity (Wildman–Crippen MR) is 78.6 cm³/mol. The molecule has 0 fully saturated rings. The Morgan fingerprint density at radius 3 is 2.35 bits per heavy atom. The van der Waals surface area contributed by atoms with Crippen molar-refractivity contribution in [3.63, 3.8) is 0 Å². The predicted octanol–water partition coefficient (Wildman–Crippen LogP) is 3.70. The van der Waals surface area contributed by atoms with E-state index in [1.807, 2.05) is 50.2 Å². The Balaban J connectivity index is 2.15. The van der Waals surface area contributed by atoms with E-state index in [9.17, 15) is 4.79 Å². The first-order valence-corrected chi connectivity index (χ1v) is 6.47. The third-order valence-corrected chi connectivity index (χ3v) is 3.31. The second-order valence-corrected chi connectivity index (χ2v) is 4.68. The van der Waals surface area contributed by atoms with Gasteiger partial charge in [-0.2, -0.15) is 0 Å². The largest absolute Gasteiger partial charge is 0.497 e. The Bertz CT molecular complexity index is 600. The smallest absolute Gasteiger partial charge is 0.150 e. The van der Waals surface area contributed by atoms with Crippen molar-refractivity contribution in [1.82, 2.24) is 0 Å². The van der Waals surface area contributed by atoms with Crippen molar-refractivity contribution in [2.24, 2.45) is 0 Å². The van der Waals surface area contributed by atoms with E-state index in [-0.39, 0.29) is 0 Å². The fourth-order valence-corrected chi connectivity index (χ4v) is 2.07. The summed E-state index contributed by atoms with van der Waals surface area (Å²) in [5.41, 5.74) is 3.64. The summed E-state index contributed by atoms with van der Waals surface area (Å²) in [6.45, 7) is 4.35. The van der Waals surface area contributed by atoms with Gasteiger partial charge < -0.3 is 9.47 Å². The fourth-order valence-electron chi connectivity index (χ4n) is 2.07. The summed E-state index contributed by atoms with van der Waals surface area (Å²) in [6.07, 6.45) is 0.856. The van der Waals surface area contributed by atoms with Gasteiger partial charge in [0, 0.05) is 11.1 Å². The molecule has 104 valence electrons. The SMILES string of the molecule is COc1ccc(COc2c(C)ccc(C=O)c2C)cc1. The number of rotatable bonds is 5. The minimum absolute atomic E-state index is 0.466. The fraction of sp³-hybridized carbons (Fsp3) is 0.235. The van der Waals surface area contributed by atoms with Crippen LogP contribution in [-0.4, -0.2) is 13.4 Å². The monoisotopic (exact) mass is 270 g/mol. The highest BCUT2D eigenvalue weighted by Gasteiger charge is 2.08. The lowest BCUT2D eigenvalue weighted by Gasteiger charge is -2.13. The Hall–Kier alpha value is -2.29. The molecule has 0 aliphatic rings. The topological polar surface area (TPSA) is 35.5 Å².